The fourth-order valence-corrected chi connectivity index (χ4v) is 3.29. The van der Waals surface area contributed by atoms with Crippen LogP contribution in [0.4, 0.5) is 0 Å². The van der Waals surface area contributed by atoms with Crippen molar-refractivity contribution in [2.45, 2.75) is 40.3 Å². The maximum atomic E-state index is 9.34. The Balaban J connectivity index is 1.99. The Morgan fingerprint density at radius 1 is 1.26 bits per heavy atom. The van der Waals surface area contributed by atoms with Gasteiger partial charge in [-0.2, -0.15) is 5.26 Å². The average molecular weight is 316 g/mol. The number of nitriles is 1. The third-order valence-electron chi connectivity index (χ3n) is 4.69. The molecule has 1 aliphatic heterocycles. The second-order valence-corrected chi connectivity index (χ2v) is 6.68. The molecule has 0 spiro atoms. The van der Waals surface area contributed by atoms with Gasteiger partial charge in [0.05, 0.1) is 18.9 Å². The van der Waals surface area contributed by atoms with Crippen molar-refractivity contribution in [2.75, 3.05) is 33.3 Å². The van der Waals surface area contributed by atoms with Gasteiger partial charge < -0.3 is 4.74 Å². The highest BCUT2D eigenvalue weighted by molar-refractivity contribution is 5.41. The zero-order valence-corrected chi connectivity index (χ0v) is 15.0. The summed E-state index contributed by atoms with van der Waals surface area (Å²) in [5, 5.41) is 9.34. The molecule has 1 atom stereocenters. The number of rotatable bonds is 5. The zero-order valence-electron chi connectivity index (χ0n) is 15.0. The van der Waals surface area contributed by atoms with Gasteiger partial charge in [-0.05, 0) is 19.8 Å². The van der Waals surface area contributed by atoms with Gasteiger partial charge in [0.25, 0.3) is 0 Å². The number of ether oxygens (including phenoxy) is 1. The largest absolute Gasteiger partial charge is 0.496 e. The maximum absolute atomic E-state index is 9.34. The van der Waals surface area contributed by atoms with Crippen LogP contribution in [0.2, 0.25) is 0 Å². The van der Waals surface area contributed by atoms with Gasteiger partial charge >= 0.3 is 0 Å². The van der Waals surface area contributed by atoms with Crippen LogP contribution in [-0.2, 0) is 6.54 Å². The Hall–Kier alpha value is -1.64. The lowest BCUT2D eigenvalue weighted by Crippen LogP contribution is -2.51. The number of hydrogen-bond acceptors (Lipinski definition) is 5. The molecule has 5 heteroatoms. The van der Waals surface area contributed by atoms with Crippen molar-refractivity contribution in [3.8, 4) is 11.8 Å². The maximum Gasteiger partial charge on any atom is 0.128 e. The molecule has 126 valence electrons. The minimum Gasteiger partial charge on any atom is -0.496 e. The highest BCUT2D eigenvalue weighted by Gasteiger charge is 2.26. The van der Waals surface area contributed by atoms with Gasteiger partial charge in [-0.25, -0.2) is 0 Å². The number of aromatic nitrogens is 1. The van der Waals surface area contributed by atoms with Gasteiger partial charge in [-0.15, -0.1) is 0 Å². The third-order valence-corrected chi connectivity index (χ3v) is 4.69. The smallest absolute Gasteiger partial charge is 0.128 e. The minimum absolute atomic E-state index is 0.0245. The summed E-state index contributed by atoms with van der Waals surface area (Å²) >= 11 is 0. The average Bonchev–Trinajstić information content (AvgIpc) is 2.52. The van der Waals surface area contributed by atoms with E-state index in [4.69, 9.17) is 4.74 Å². The van der Waals surface area contributed by atoms with E-state index in [1.165, 1.54) is 0 Å². The van der Waals surface area contributed by atoms with Crippen molar-refractivity contribution in [1.29, 1.82) is 5.26 Å². The van der Waals surface area contributed by atoms with Gasteiger partial charge in [0.15, 0.2) is 0 Å². The number of piperazine rings is 1. The van der Waals surface area contributed by atoms with Gasteiger partial charge in [0, 0.05) is 50.0 Å². The van der Waals surface area contributed by atoms with Crippen LogP contribution in [0.5, 0.6) is 5.75 Å². The van der Waals surface area contributed by atoms with Crippen LogP contribution >= 0.6 is 0 Å². The monoisotopic (exact) mass is 316 g/mol. The quantitative estimate of drug-likeness (QED) is 0.835. The van der Waals surface area contributed by atoms with E-state index < -0.39 is 0 Å². The van der Waals surface area contributed by atoms with Crippen LogP contribution in [0, 0.1) is 31.1 Å². The topological polar surface area (TPSA) is 52.4 Å². The predicted molar refractivity (Wildman–Crippen MR) is 91.4 cm³/mol. The SMILES string of the molecule is COc1c(C)cnc(CN2CCN([C@H](C#N)C(C)C)CC2)c1C. The molecule has 1 fully saturated rings. The summed E-state index contributed by atoms with van der Waals surface area (Å²) in [5.41, 5.74) is 3.29. The van der Waals surface area contributed by atoms with Crippen LogP contribution in [0.3, 0.4) is 0 Å². The van der Waals surface area contributed by atoms with Gasteiger partial charge in [-0.1, -0.05) is 13.8 Å². The lowest BCUT2D eigenvalue weighted by molar-refractivity contribution is 0.0932. The van der Waals surface area contributed by atoms with Gasteiger partial charge in [0.2, 0.25) is 0 Å². The Bertz CT molecular complexity index is 571. The summed E-state index contributed by atoms with van der Waals surface area (Å²) in [4.78, 5) is 9.31. The summed E-state index contributed by atoms with van der Waals surface area (Å²) in [5.74, 6) is 1.31. The summed E-state index contributed by atoms with van der Waals surface area (Å²) < 4.78 is 5.49. The summed E-state index contributed by atoms with van der Waals surface area (Å²) in [7, 11) is 1.71. The molecule has 23 heavy (non-hydrogen) atoms. The molecular formula is C18H28N4O. The molecule has 0 saturated carbocycles. The molecule has 1 aromatic heterocycles. The first kappa shape index (κ1) is 17.7. The number of pyridine rings is 1. The molecule has 0 radical (unpaired) electrons. The predicted octanol–water partition coefficient (Wildman–Crippen LogP) is 2.37. The number of nitrogens with zero attached hydrogens (tertiary/aromatic N) is 4. The minimum atomic E-state index is 0.0245. The lowest BCUT2D eigenvalue weighted by atomic mass is 10.0. The highest BCUT2D eigenvalue weighted by atomic mass is 16.5. The van der Waals surface area contributed by atoms with Crippen molar-refractivity contribution in [1.82, 2.24) is 14.8 Å². The molecule has 0 N–H and O–H groups in total. The van der Waals surface area contributed by atoms with E-state index >= 15 is 0 Å². The first-order valence-electron chi connectivity index (χ1n) is 8.33. The normalized spacial score (nSPS) is 18.0. The molecule has 0 bridgehead atoms. The Labute approximate surface area is 139 Å². The molecule has 2 rings (SSSR count). The van der Waals surface area contributed by atoms with E-state index in [-0.39, 0.29) is 6.04 Å². The van der Waals surface area contributed by atoms with Crippen molar-refractivity contribution in [2.24, 2.45) is 5.92 Å². The number of methoxy groups -OCH3 is 1. The fraction of sp³-hybridized carbons (Fsp3) is 0.667. The summed E-state index contributed by atoms with van der Waals surface area (Å²) in [6, 6.07) is 2.47. The molecule has 2 heterocycles. The number of hydrogen-bond donors (Lipinski definition) is 0. The lowest BCUT2D eigenvalue weighted by Gasteiger charge is -2.38. The van der Waals surface area contributed by atoms with Crippen LogP contribution in [0.25, 0.3) is 0 Å². The van der Waals surface area contributed by atoms with E-state index in [1.807, 2.05) is 13.1 Å². The Morgan fingerprint density at radius 2 is 1.91 bits per heavy atom. The number of aryl methyl sites for hydroxylation is 1. The summed E-state index contributed by atoms with van der Waals surface area (Å²) in [6.45, 7) is 13.0. The van der Waals surface area contributed by atoms with Crippen LogP contribution in [0.15, 0.2) is 6.20 Å². The third kappa shape index (κ3) is 4.01. The molecule has 0 unspecified atom stereocenters. The molecular weight excluding hydrogens is 288 g/mol. The van der Waals surface area contributed by atoms with Gasteiger partial charge in [-0.3, -0.25) is 14.8 Å². The van der Waals surface area contributed by atoms with Crippen molar-refractivity contribution >= 4 is 0 Å². The first-order chi connectivity index (χ1) is 11.0. The van der Waals surface area contributed by atoms with E-state index in [0.29, 0.717) is 5.92 Å². The Kier molecular flexibility index (Phi) is 5.97. The van der Waals surface area contributed by atoms with Crippen LogP contribution in [-0.4, -0.2) is 54.1 Å². The molecule has 0 aliphatic carbocycles. The van der Waals surface area contributed by atoms with Crippen molar-refractivity contribution < 1.29 is 4.74 Å². The van der Waals surface area contributed by atoms with E-state index in [0.717, 1.165) is 55.3 Å². The van der Waals surface area contributed by atoms with E-state index in [2.05, 4.69) is 41.6 Å². The Morgan fingerprint density at radius 3 is 2.43 bits per heavy atom. The standard InChI is InChI=1S/C18H28N4O/c1-13(2)17(10-19)22-8-6-21(7-9-22)12-16-15(4)18(23-5)14(3)11-20-16/h11,13,17H,6-9,12H2,1-5H3/t17-/m1/s1. The van der Waals surface area contributed by atoms with E-state index in [9.17, 15) is 5.26 Å². The molecule has 0 amide bonds. The fourth-order valence-electron chi connectivity index (χ4n) is 3.29. The molecule has 5 nitrogen and oxygen atoms in total. The molecule has 1 saturated heterocycles. The van der Waals surface area contributed by atoms with Crippen molar-refractivity contribution in [3.05, 3.63) is 23.0 Å². The van der Waals surface area contributed by atoms with E-state index in [1.54, 1.807) is 7.11 Å². The second-order valence-electron chi connectivity index (χ2n) is 6.68. The van der Waals surface area contributed by atoms with Crippen LogP contribution in [0.1, 0.15) is 30.7 Å². The van der Waals surface area contributed by atoms with Crippen LogP contribution < -0.4 is 4.74 Å². The highest BCUT2D eigenvalue weighted by Crippen LogP contribution is 2.25. The molecule has 0 aromatic carbocycles. The molecule has 1 aromatic rings. The zero-order chi connectivity index (χ0) is 17.0. The summed E-state index contributed by atoms with van der Waals surface area (Å²) in [6.07, 6.45) is 1.89. The van der Waals surface area contributed by atoms with Gasteiger partial charge in [0.1, 0.15) is 11.8 Å². The second kappa shape index (κ2) is 7.76. The molecule has 1 aliphatic rings. The first-order valence-corrected chi connectivity index (χ1v) is 8.33. The van der Waals surface area contributed by atoms with Crippen molar-refractivity contribution in [3.63, 3.8) is 0 Å².